The van der Waals surface area contributed by atoms with Gasteiger partial charge in [0.05, 0.1) is 19.6 Å². The molecule has 0 spiro atoms. The Labute approximate surface area is 154 Å². The van der Waals surface area contributed by atoms with Crippen LogP contribution in [0.3, 0.4) is 0 Å². The van der Waals surface area contributed by atoms with E-state index in [1.54, 1.807) is 16.8 Å². The van der Waals surface area contributed by atoms with Crippen LogP contribution in [-0.2, 0) is 9.59 Å². The Kier molecular flexibility index (Phi) is 5.98. The van der Waals surface area contributed by atoms with E-state index in [0.717, 1.165) is 18.6 Å². The smallest absolute Gasteiger partial charge is 0.236 e. The molecular formula is C19H27N3O4. The molecular weight excluding hydrogens is 334 g/mol. The van der Waals surface area contributed by atoms with Gasteiger partial charge in [0.1, 0.15) is 6.61 Å². The van der Waals surface area contributed by atoms with Crippen LogP contribution in [0.15, 0.2) is 24.3 Å². The predicted molar refractivity (Wildman–Crippen MR) is 97.3 cm³/mol. The standard InChI is InChI=1S/C19H27N3O4/c1-3-22(10-15-13-25-16-6-4-5-7-17(16)26-15)19(24)12-21(2)11-18(23)20-14-8-9-14/h4-7,14-15H,3,8-13H2,1-2H3,(H,20,23)/t15-/m0/s1. The fourth-order valence-corrected chi connectivity index (χ4v) is 2.94. The average Bonchev–Trinajstić information content (AvgIpc) is 3.42. The number of nitrogens with one attached hydrogen (secondary N) is 1. The first-order valence-corrected chi connectivity index (χ1v) is 9.19. The van der Waals surface area contributed by atoms with Crippen LogP contribution in [0.5, 0.6) is 11.5 Å². The van der Waals surface area contributed by atoms with Gasteiger partial charge in [0.2, 0.25) is 11.8 Å². The van der Waals surface area contributed by atoms with Crippen LogP contribution in [0.2, 0.25) is 0 Å². The van der Waals surface area contributed by atoms with Gasteiger partial charge in [-0.15, -0.1) is 0 Å². The van der Waals surface area contributed by atoms with Crippen LogP contribution < -0.4 is 14.8 Å². The zero-order chi connectivity index (χ0) is 18.5. The molecule has 0 bridgehead atoms. The van der Waals surface area contributed by atoms with Gasteiger partial charge in [-0.05, 0) is 38.9 Å². The Morgan fingerprint density at radius 3 is 2.62 bits per heavy atom. The molecule has 0 unspecified atom stereocenters. The Balaban J connectivity index is 1.46. The molecule has 1 heterocycles. The van der Waals surface area contributed by atoms with Gasteiger partial charge < -0.3 is 19.7 Å². The van der Waals surface area contributed by atoms with Crippen molar-refractivity contribution >= 4 is 11.8 Å². The minimum Gasteiger partial charge on any atom is -0.486 e. The summed E-state index contributed by atoms with van der Waals surface area (Å²) in [4.78, 5) is 27.9. The number of hydrogen-bond donors (Lipinski definition) is 1. The van der Waals surface area contributed by atoms with Gasteiger partial charge in [-0.2, -0.15) is 0 Å². The molecule has 1 aromatic carbocycles. The zero-order valence-corrected chi connectivity index (χ0v) is 15.4. The Morgan fingerprint density at radius 2 is 1.92 bits per heavy atom. The molecule has 1 atom stereocenters. The second kappa shape index (κ2) is 8.40. The fraction of sp³-hybridized carbons (Fsp3) is 0.579. The molecule has 2 aliphatic rings. The van der Waals surface area contributed by atoms with E-state index >= 15 is 0 Å². The molecule has 26 heavy (non-hydrogen) atoms. The maximum absolute atomic E-state index is 12.6. The third-order valence-electron chi connectivity index (χ3n) is 4.49. The predicted octanol–water partition coefficient (Wildman–Crippen LogP) is 0.885. The number of likely N-dealkylation sites (N-methyl/N-ethyl adjacent to an activating group) is 2. The maximum Gasteiger partial charge on any atom is 0.236 e. The summed E-state index contributed by atoms with van der Waals surface area (Å²) in [5.41, 5.74) is 0. The number of carbonyl (C=O) groups excluding carboxylic acids is 2. The van der Waals surface area contributed by atoms with Crippen molar-refractivity contribution in [2.24, 2.45) is 0 Å². The Hall–Kier alpha value is -2.28. The summed E-state index contributed by atoms with van der Waals surface area (Å²) in [5.74, 6) is 1.41. The largest absolute Gasteiger partial charge is 0.486 e. The second-order valence-corrected chi connectivity index (χ2v) is 6.94. The number of benzene rings is 1. The molecule has 142 valence electrons. The van der Waals surface area contributed by atoms with Gasteiger partial charge >= 0.3 is 0 Å². The number of fused-ring (bicyclic) bond motifs is 1. The van der Waals surface area contributed by atoms with E-state index in [-0.39, 0.29) is 31.0 Å². The number of ether oxygens (including phenoxy) is 2. The molecule has 7 nitrogen and oxygen atoms in total. The molecule has 1 N–H and O–H groups in total. The highest BCUT2D eigenvalue weighted by molar-refractivity contribution is 5.81. The molecule has 1 saturated carbocycles. The van der Waals surface area contributed by atoms with E-state index < -0.39 is 0 Å². The van der Waals surface area contributed by atoms with Crippen LogP contribution in [0, 0.1) is 0 Å². The van der Waals surface area contributed by atoms with Crippen molar-refractivity contribution in [3.63, 3.8) is 0 Å². The van der Waals surface area contributed by atoms with Crippen LogP contribution in [0.4, 0.5) is 0 Å². The molecule has 3 rings (SSSR count). The third-order valence-corrected chi connectivity index (χ3v) is 4.49. The van der Waals surface area contributed by atoms with Gasteiger partial charge in [0, 0.05) is 12.6 Å². The lowest BCUT2D eigenvalue weighted by Crippen LogP contribution is -2.47. The van der Waals surface area contributed by atoms with E-state index in [1.165, 1.54) is 0 Å². The Bertz CT molecular complexity index is 647. The van der Waals surface area contributed by atoms with E-state index in [1.807, 2.05) is 31.2 Å². The van der Waals surface area contributed by atoms with Gasteiger partial charge in [-0.25, -0.2) is 0 Å². The van der Waals surface area contributed by atoms with Crippen molar-refractivity contribution in [2.75, 3.05) is 39.8 Å². The second-order valence-electron chi connectivity index (χ2n) is 6.94. The van der Waals surface area contributed by atoms with Gasteiger partial charge in [-0.3, -0.25) is 14.5 Å². The first-order valence-electron chi connectivity index (χ1n) is 9.19. The van der Waals surface area contributed by atoms with Crippen molar-refractivity contribution in [1.29, 1.82) is 0 Å². The average molecular weight is 361 g/mol. The SMILES string of the molecule is CCN(C[C@H]1COc2ccccc2O1)C(=O)CN(C)CC(=O)NC1CC1. The minimum atomic E-state index is -0.197. The topological polar surface area (TPSA) is 71.1 Å². The highest BCUT2D eigenvalue weighted by atomic mass is 16.6. The van der Waals surface area contributed by atoms with E-state index in [4.69, 9.17) is 9.47 Å². The van der Waals surface area contributed by atoms with Crippen LogP contribution in [-0.4, -0.2) is 73.6 Å². The molecule has 2 amide bonds. The lowest BCUT2D eigenvalue weighted by Gasteiger charge is -2.31. The first-order chi connectivity index (χ1) is 12.5. The molecule has 0 aromatic heterocycles. The summed E-state index contributed by atoms with van der Waals surface area (Å²) in [6.45, 7) is 3.84. The quantitative estimate of drug-likeness (QED) is 0.744. The van der Waals surface area contributed by atoms with Gasteiger partial charge in [0.25, 0.3) is 0 Å². The molecule has 0 radical (unpaired) electrons. The summed E-state index contributed by atoms with van der Waals surface area (Å²) in [6, 6.07) is 7.88. The van der Waals surface area contributed by atoms with Gasteiger partial charge in [0.15, 0.2) is 17.6 Å². The van der Waals surface area contributed by atoms with Crippen molar-refractivity contribution in [2.45, 2.75) is 31.9 Å². The summed E-state index contributed by atoms with van der Waals surface area (Å²) >= 11 is 0. The van der Waals surface area contributed by atoms with E-state index in [9.17, 15) is 9.59 Å². The molecule has 1 aromatic rings. The summed E-state index contributed by atoms with van der Waals surface area (Å²) < 4.78 is 11.6. The lowest BCUT2D eigenvalue weighted by atomic mass is 10.2. The molecule has 1 aliphatic carbocycles. The molecule has 1 aliphatic heterocycles. The van der Waals surface area contributed by atoms with Crippen molar-refractivity contribution < 1.29 is 19.1 Å². The first kappa shape index (κ1) is 18.5. The summed E-state index contributed by atoms with van der Waals surface area (Å²) in [5, 5.41) is 2.93. The van der Waals surface area contributed by atoms with Crippen LogP contribution in [0.25, 0.3) is 0 Å². The number of nitrogens with zero attached hydrogens (tertiary/aromatic N) is 2. The highest BCUT2D eigenvalue weighted by Crippen LogP contribution is 2.31. The maximum atomic E-state index is 12.6. The van der Waals surface area contributed by atoms with Crippen LogP contribution in [0.1, 0.15) is 19.8 Å². The molecule has 1 fully saturated rings. The minimum absolute atomic E-state index is 0.0170. The number of amides is 2. The molecule has 0 saturated heterocycles. The van der Waals surface area contributed by atoms with E-state index in [0.29, 0.717) is 31.5 Å². The normalized spacial score (nSPS) is 18.5. The van der Waals surface area contributed by atoms with Crippen LogP contribution >= 0.6 is 0 Å². The monoisotopic (exact) mass is 361 g/mol. The number of para-hydroxylation sites is 2. The third kappa shape index (κ3) is 5.11. The van der Waals surface area contributed by atoms with Gasteiger partial charge in [-0.1, -0.05) is 12.1 Å². The van der Waals surface area contributed by atoms with Crippen molar-refractivity contribution in [3.05, 3.63) is 24.3 Å². The van der Waals surface area contributed by atoms with Crippen molar-refractivity contribution in [1.82, 2.24) is 15.1 Å². The molecule has 7 heteroatoms. The van der Waals surface area contributed by atoms with E-state index in [2.05, 4.69) is 5.32 Å². The Morgan fingerprint density at radius 1 is 1.19 bits per heavy atom. The summed E-state index contributed by atoms with van der Waals surface area (Å²) in [6.07, 6.45) is 1.92. The number of rotatable bonds is 8. The van der Waals surface area contributed by atoms with Crippen molar-refractivity contribution in [3.8, 4) is 11.5 Å². The zero-order valence-electron chi connectivity index (χ0n) is 15.4. The highest BCUT2D eigenvalue weighted by Gasteiger charge is 2.26. The number of hydrogen-bond acceptors (Lipinski definition) is 5. The number of carbonyl (C=O) groups is 2. The summed E-state index contributed by atoms with van der Waals surface area (Å²) in [7, 11) is 1.79. The lowest BCUT2D eigenvalue weighted by molar-refractivity contribution is -0.134. The fourth-order valence-electron chi connectivity index (χ4n) is 2.94.